The number of hydrogen-bond acceptors (Lipinski definition) is 6. The average molecular weight is 255 g/mol. The second-order valence-electron chi connectivity index (χ2n) is 4.56. The monoisotopic (exact) mass is 255 g/mol. The van der Waals surface area contributed by atoms with Crippen LogP contribution in [-0.4, -0.2) is 37.0 Å². The molecular formula is C12H21N3O3. The fourth-order valence-corrected chi connectivity index (χ4v) is 2.21. The lowest BCUT2D eigenvalue weighted by Crippen LogP contribution is -2.16. The molecule has 18 heavy (non-hydrogen) atoms. The maximum Gasteiger partial charge on any atom is 0.243 e. The van der Waals surface area contributed by atoms with E-state index in [0.29, 0.717) is 11.7 Å². The van der Waals surface area contributed by atoms with E-state index in [1.165, 1.54) is 0 Å². The van der Waals surface area contributed by atoms with Gasteiger partial charge in [0.05, 0.1) is 12.1 Å². The lowest BCUT2D eigenvalue weighted by atomic mass is 10.2. The summed E-state index contributed by atoms with van der Waals surface area (Å²) in [5, 5.41) is 7.32. The fourth-order valence-electron chi connectivity index (χ4n) is 2.21. The Labute approximate surface area is 107 Å². The fraction of sp³-hybridized carbons (Fsp3) is 0.833. The van der Waals surface area contributed by atoms with Gasteiger partial charge in [-0.3, -0.25) is 0 Å². The molecule has 2 rings (SSSR count). The van der Waals surface area contributed by atoms with Gasteiger partial charge >= 0.3 is 0 Å². The van der Waals surface area contributed by atoms with Crippen molar-refractivity contribution < 1.29 is 14.0 Å². The first kappa shape index (κ1) is 13.5. The third-order valence-electron chi connectivity index (χ3n) is 3.30. The highest BCUT2D eigenvalue weighted by atomic mass is 16.5. The van der Waals surface area contributed by atoms with Gasteiger partial charge in [0.15, 0.2) is 0 Å². The number of ether oxygens (including phenoxy) is 2. The van der Waals surface area contributed by atoms with E-state index in [-0.39, 0.29) is 18.2 Å². The smallest absolute Gasteiger partial charge is 0.243 e. The van der Waals surface area contributed by atoms with E-state index in [1.807, 2.05) is 0 Å². The molecule has 6 heteroatoms. The van der Waals surface area contributed by atoms with E-state index in [2.05, 4.69) is 22.4 Å². The number of methoxy groups -OCH3 is 2. The summed E-state index contributed by atoms with van der Waals surface area (Å²) in [5.74, 6) is 1.26. The summed E-state index contributed by atoms with van der Waals surface area (Å²) < 4.78 is 16.0. The molecule has 1 N–H and O–H groups in total. The Bertz CT molecular complexity index is 369. The van der Waals surface area contributed by atoms with Crippen LogP contribution in [0.25, 0.3) is 0 Å². The zero-order valence-electron chi connectivity index (χ0n) is 11.2. The van der Waals surface area contributed by atoms with Gasteiger partial charge in [0.1, 0.15) is 6.10 Å². The molecule has 1 aromatic heterocycles. The summed E-state index contributed by atoms with van der Waals surface area (Å²) in [6.07, 6.45) is 2.93. The standard InChI is InChI=1S/C12H21N3O3/c1-4-5-10(17-3)11-14-12(18-15-11)9-6-8(16-2)7-13-9/h8-10,13H,4-7H2,1-3H3/t8-,9+,10?/m0/s1. The second-order valence-corrected chi connectivity index (χ2v) is 4.56. The molecule has 0 aliphatic carbocycles. The highest BCUT2D eigenvalue weighted by molar-refractivity contribution is 4.99. The summed E-state index contributed by atoms with van der Waals surface area (Å²) in [7, 11) is 3.39. The molecular weight excluding hydrogens is 234 g/mol. The number of hydrogen-bond donors (Lipinski definition) is 1. The molecule has 3 atom stereocenters. The third-order valence-corrected chi connectivity index (χ3v) is 3.30. The zero-order valence-corrected chi connectivity index (χ0v) is 11.2. The Morgan fingerprint density at radius 3 is 2.94 bits per heavy atom. The van der Waals surface area contributed by atoms with Crippen molar-refractivity contribution in [1.29, 1.82) is 0 Å². The van der Waals surface area contributed by atoms with Gasteiger partial charge in [0, 0.05) is 20.8 Å². The Morgan fingerprint density at radius 2 is 2.33 bits per heavy atom. The summed E-state index contributed by atoms with van der Waals surface area (Å²) >= 11 is 0. The highest BCUT2D eigenvalue weighted by Gasteiger charge is 2.30. The van der Waals surface area contributed by atoms with Crippen LogP contribution in [0.5, 0.6) is 0 Å². The second kappa shape index (κ2) is 6.26. The van der Waals surface area contributed by atoms with E-state index < -0.39 is 0 Å². The number of nitrogens with zero attached hydrogens (tertiary/aromatic N) is 2. The Morgan fingerprint density at radius 1 is 1.50 bits per heavy atom. The van der Waals surface area contributed by atoms with Crippen molar-refractivity contribution in [1.82, 2.24) is 15.5 Å². The maximum absolute atomic E-state index is 5.36. The molecule has 0 amide bonds. The minimum Gasteiger partial charge on any atom is -0.380 e. The average Bonchev–Trinajstić information content (AvgIpc) is 3.03. The third kappa shape index (κ3) is 2.88. The van der Waals surface area contributed by atoms with E-state index in [1.54, 1.807) is 14.2 Å². The first-order chi connectivity index (χ1) is 8.78. The molecule has 1 aliphatic rings. The molecule has 1 aliphatic heterocycles. The van der Waals surface area contributed by atoms with Gasteiger partial charge in [0.2, 0.25) is 11.7 Å². The molecule has 1 aromatic rings. The van der Waals surface area contributed by atoms with E-state index in [9.17, 15) is 0 Å². The van der Waals surface area contributed by atoms with Crippen molar-refractivity contribution in [2.75, 3.05) is 20.8 Å². The molecule has 0 radical (unpaired) electrons. The molecule has 1 saturated heterocycles. The van der Waals surface area contributed by atoms with Crippen LogP contribution in [-0.2, 0) is 9.47 Å². The highest BCUT2D eigenvalue weighted by Crippen LogP contribution is 2.26. The topological polar surface area (TPSA) is 69.4 Å². The molecule has 0 saturated carbocycles. The van der Waals surface area contributed by atoms with E-state index in [0.717, 1.165) is 25.8 Å². The van der Waals surface area contributed by atoms with Crippen molar-refractivity contribution in [2.24, 2.45) is 0 Å². The Hall–Kier alpha value is -0.980. The van der Waals surface area contributed by atoms with Crippen LogP contribution in [0.1, 0.15) is 50.0 Å². The van der Waals surface area contributed by atoms with Crippen molar-refractivity contribution >= 4 is 0 Å². The summed E-state index contributed by atoms with van der Waals surface area (Å²) in [6, 6.07) is 0.0929. The van der Waals surface area contributed by atoms with Crippen LogP contribution in [0, 0.1) is 0 Å². The number of aromatic nitrogens is 2. The Balaban J connectivity index is 2.01. The van der Waals surface area contributed by atoms with Crippen LogP contribution in [0.4, 0.5) is 0 Å². The number of rotatable bonds is 6. The lowest BCUT2D eigenvalue weighted by molar-refractivity contribution is 0.0854. The molecule has 0 aromatic carbocycles. The minimum absolute atomic E-state index is 0.0767. The van der Waals surface area contributed by atoms with Gasteiger partial charge < -0.3 is 19.3 Å². The predicted octanol–water partition coefficient (Wildman–Crippen LogP) is 1.61. The van der Waals surface area contributed by atoms with Crippen LogP contribution < -0.4 is 5.32 Å². The predicted molar refractivity (Wildman–Crippen MR) is 65.1 cm³/mol. The molecule has 102 valence electrons. The van der Waals surface area contributed by atoms with E-state index in [4.69, 9.17) is 14.0 Å². The van der Waals surface area contributed by atoms with Gasteiger partial charge in [-0.25, -0.2) is 0 Å². The van der Waals surface area contributed by atoms with Crippen LogP contribution in [0.3, 0.4) is 0 Å². The van der Waals surface area contributed by atoms with E-state index >= 15 is 0 Å². The molecule has 6 nitrogen and oxygen atoms in total. The van der Waals surface area contributed by atoms with Gasteiger partial charge in [-0.2, -0.15) is 4.98 Å². The molecule has 1 unspecified atom stereocenters. The summed E-state index contributed by atoms with van der Waals surface area (Å²) in [5.41, 5.74) is 0. The maximum atomic E-state index is 5.36. The SMILES string of the molecule is CCCC(OC)c1noc([C@H]2C[C@H](OC)CN2)n1. The van der Waals surface area contributed by atoms with Gasteiger partial charge in [-0.1, -0.05) is 18.5 Å². The van der Waals surface area contributed by atoms with Crippen molar-refractivity contribution in [3.63, 3.8) is 0 Å². The first-order valence-electron chi connectivity index (χ1n) is 6.41. The van der Waals surface area contributed by atoms with Gasteiger partial charge in [-0.05, 0) is 12.8 Å². The van der Waals surface area contributed by atoms with Crippen LogP contribution >= 0.6 is 0 Å². The molecule has 1 fully saturated rings. The summed E-state index contributed by atoms with van der Waals surface area (Å²) in [6.45, 7) is 2.93. The van der Waals surface area contributed by atoms with Crippen molar-refractivity contribution in [3.05, 3.63) is 11.7 Å². The zero-order chi connectivity index (χ0) is 13.0. The van der Waals surface area contributed by atoms with Crippen LogP contribution in [0.2, 0.25) is 0 Å². The van der Waals surface area contributed by atoms with Gasteiger partial charge in [-0.15, -0.1) is 0 Å². The normalized spacial score (nSPS) is 25.5. The lowest BCUT2D eigenvalue weighted by Gasteiger charge is -2.08. The largest absolute Gasteiger partial charge is 0.380 e. The molecule has 2 heterocycles. The van der Waals surface area contributed by atoms with Crippen molar-refractivity contribution in [2.45, 2.75) is 44.4 Å². The quantitative estimate of drug-likeness (QED) is 0.832. The summed E-state index contributed by atoms with van der Waals surface area (Å²) in [4.78, 5) is 4.43. The Kier molecular flexibility index (Phi) is 4.68. The molecule has 0 spiro atoms. The van der Waals surface area contributed by atoms with Gasteiger partial charge in [0.25, 0.3) is 0 Å². The minimum atomic E-state index is -0.0767. The molecule has 0 bridgehead atoms. The number of nitrogens with one attached hydrogen (secondary N) is 1. The van der Waals surface area contributed by atoms with Crippen LogP contribution in [0.15, 0.2) is 4.52 Å². The van der Waals surface area contributed by atoms with Crippen molar-refractivity contribution in [3.8, 4) is 0 Å². The first-order valence-corrected chi connectivity index (χ1v) is 6.41.